The van der Waals surface area contributed by atoms with Gasteiger partial charge in [0.05, 0.1) is 6.54 Å². The third kappa shape index (κ3) is 6.26. The highest BCUT2D eigenvalue weighted by Crippen LogP contribution is 2.10. The molecule has 1 heterocycles. The number of carbonyl (C=O) groups is 2. The summed E-state index contributed by atoms with van der Waals surface area (Å²) in [7, 11) is 0. The van der Waals surface area contributed by atoms with Crippen LogP contribution < -0.4 is 16.0 Å². The first-order valence-corrected chi connectivity index (χ1v) is 6.46. The smallest absolute Gasteiger partial charge is 0.239 e. The van der Waals surface area contributed by atoms with Crippen molar-refractivity contribution in [3.63, 3.8) is 0 Å². The number of hydrogen-bond acceptors (Lipinski definition) is 3. The standard InChI is InChI=1S/C12H23N3O2/c1-2-3-11(16)15-9-12(17)14-7-5-10-4-6-13-8-10/h10,13H,2-9H2,1H3,(H,14,17)(H,15,16). The van der Waals surface area contributed by atoms with E-state index < -0.39 is 0 Å². The molecule has 1 atom stereocenters. The van der Waals surface area contributed by atoms with E-state index in [1.807, 2.05) is 6.92 Å². The molecule has 5 nitrogen and oxygen atoms in total. The molecule has 98 valence electrons. The van der Waals surface area contributed by atoms with Crippen LogP contribution in [0.15, 0.2) is 0 Å². The summed E-state index contributed by atoms with van der Waals surface area (Å²) in [5, 5.41) is 8.72. The summed E-state index contributed by atoms with van der Waals surface area (Å²) in [5.74, 6) is 0.535. The van der Waals surface area contributed by atoms with E-state index >= 15 is 0 Å². The van der Waals surface area contributed by atoms with Crippen LogP contribution in [0.25, 0.3) is 0 Å². The number of carbonyl (C=O) groups excluding carboxylic acids is 2. The Hall–Kier alpha value is -1.10. The van der Waals surface area contributed by atoms with E-state index in [1.54, 1.807) is 0 Å². The highest BCUT2D eigenvalue weighted by atomic mass is 16.2. The minimum Gasteiger partial charge on any atom is -0.355 e. The van der Waals surface area contributed by atoms with Gasteiger partial charge < -0.3 is 16.0 Å². The van der Waals surface area contributed by atoms with Gasteiger partial charge in [-0.15, -0.1) is 0 Å². The van der Waals surface area contributed by atoms with Crippen LogP contribution in [0.2, 0.25) is 0 Å². The molecule has 0 spiro atoms. The molecule has 3 N–H and O–H groups in total. The van der Waals surface area contributed by atoms with Gasteiger partial charge in [0.25, 0.3) is 0 Å². The predicted molar refractivity (Wildman–Crippen MR) is 66.5 cm³/mol. The van der Waals surface area contributed by atoms with Crippen LogP contribution >= 0.6 is 0 Å². The third-order valence-corrected chi connectivity index (χ3v) is 2.96. The Morgan fingerprint density at radius 3 is 2.76 bits per heavy atom. The lowest BCUT2D eigenvalue weighted by atomic mass is 10.1. The molecule has 5 heteroatoms. The fourth-order valence-electron chi connectivity index (χ4n) is 1.93. The van der Waals surface area contributed by atoms with Gasteiger partial charge in [0.15, 0.2) is 0 Å². The molecule has 0 radical (unpaired) electrons. The van der Waals surface area contributed by atoms with E-state index in [2.05, 4.69) is 16.0 Å². The van der Waals surface area contributed by atoms with Gasteiger partial charge >= 0.3 is 0 Å². The summed E-state index contributed by atoms with van der Waals surface area (Å²) in [5.41, 5.74) is 0. The highest BCUT2D eigenvalue weighted by molar-refractivity contribution is 5.84. The predicted octanol–water partition coefficient (Wildman–Crippen LogP) is 0.0185. The quantitative estimate of drug-likeness (QED) is 0.588. The molecule has 17 heavy (non-hydrogen) atoms. The first-order valence-electron chi connectivity index (χ1n) is 6.46. The van der Waals surface area contributed by atoms with Gasteiger partial charge in [-0.2, -0.15) is 0 Å². The zero-order valence-corrected chi connectivity index (χ0v) is 10.6. The van der Waals surface area contributed by atoms with Gasteiger partial charge in [-0.05, 0) is 38.3 Å². The summed E-state index contributed by atoms with van der Waals surface area (Å²) >= 11 is 0. The summed E-state index contributed by atoms with van der Waals surface area (Å²) in [6.45, 7) is 4.89. The number of rotatable bonds is 7. The Morgan fingerprint density at radius 1 is 1.29 bits per heavy atom. The molecule has 1 aliphatic rings. The Balaban J connectivity index is 1.98. The molecule has 1 rings (SSSR count). The zero-order chi connectivity index (χ0) is 12.5. The molecule has 0 saturated carbocycles. The second kappa shape index (κ2) is 8.06. The van der Waals surface area contributed by atoms with E-state index in [0.717, 1.165) is 25.9 Å². The summed E-state index contributed by atoms with van der Waals surface area (Å²) in [6, 6.07) is 0. The van der Waals surface area contributed by atoms with Crippen molar-refractivity contribution in [2.75, 3.05) is 26.2 Å². The van der Waals surface area contributed by atoms with Crippen molar-refractivity contribution >= 4 is 11.8 Å². The van der Waals surface area contributed by atoms with Gasteiger partial charge in [0, 0.05) is 13.0 Å². The number of nitrogens with one attached hydrogen (secondary N) is 3. The molecule has 1 unspecified atom stereocenters. The minimum atomic E-state index is -0.0968. The van der Waals surface area contributed by atoms with Gasteiger partial charge in [0.2, 0.25) is 11.8 Å². The molecule has 1 fully saturated rings. The lowest BCUT2D eigenvalue weighted by Crippen LogP contribution is -2.37. The monoisotopic (exact) mass is 241 g/mol. The van der Waals surface area contributed by atoms with Crippen LogP contribution in [0, 0.1) is 5.92 Å². The Bertz CT molecular complexity index is 250. The lowest BCUT2D eigenvalue weighted by Gasteiger charge is -2.09. The molecule has 0 aromatic carbocycles. The maximum absolute atomic E-state index is 11.4. The fraction of sp³-hybridized carbons (Fsp3) is 0.833. The van der Waals surface area contributed by atoms with Gasteiger partial charge in [-0.25, -0.2) is 0 Å². The third-order valence-electron chi connectivity index (χ3n) is 2.96. The van der Waals surface area contributed by atoms with Crippen LogP contribution in [0.1, 0.15) is 32.6 Å². The van der Waals surface area contributed by atoms with E-state index in [0.29, 0.717) is 18.9 Å². The van der Waals surface area contributed by atoms with E-state index in [-0.39, 0.29) is 18.4 Å². The van der Waals surface area contributed by atoms with Crippen LogP contribution in [-0.4, -0.2) is 38.0 Å². The summed E-state index contributed by atoms with van der Waals surface area (Å²) < 4.78 is 0. The average Bonchev–Trinajstić information content (AvgIpc) is 2.80. The Morgan fingerprint density at radius 2 is 2.12 bits per heavy atom. The molecule has 0 aliphatic carbocycles. The molecule has 2 amide bonds. The Kier molecular flexibility index (Phi) is 6.62. The van der Waals surface area contributed by atoms with Crippen molar-refractivity contribution in [2.45, 2.75) is 32.6 Å². The molecule has 1 saturated heterocycles. The first-order chi connectivity index (χ1) is 8.22. The van der Waals surface area contributed by atoms with Gasteiger partial charge in [-0.1, -0.05) is 6.92 Å². The van der Waals surface area contributed by atoms with Crippen LogP contribution in [-0.2, 0) is 9.59 Å². The summed E-state index contributed by atoms with van der Waals surface area (Å²) in [6.07, 6.45) is 3.51. The normalized spacial score (nSPS) is 19.0. The topological polar surface area (TPSA) is 70.2 Å². The van der Waals surface area contributed by atoms with Crippen LogP contribution in [0.4, 0.5) is 0 Å². The van der Waals surface area contributed by atoms with Crippen molar-refractivity contribution in [3.05, 3.63) is 0 Å². The van der Waals surface area contributed by atoms with Crippen molar-refractivity contribution < 1.29 is 9.59 Å². The maximum Gasteiger partial charge on any atom is 0.239 e. The van der Waals surface area contributed by atoms with E-state index in [9.17, 15) is 9.59 Å². The van der Waals surface area contributed by atoms with Crippen molar-refractivity contribution in [3.8, 4) is 0 Å². The second-order valence-corrected chi connectivity index (χ2v) is 4.52. The van der Waals surface area contributed by atoms with Crippen LogP contribution in [0.3, 0.4) is 0 Å². The molecular formula is C12H23N3O2. The van der Waals surface area contributed by atoms with Gasteiger partial charge in [0.1, 0.15) is 0 Å². The molecular weight excluding hydrogens is 218 g/mol. The highest BCUT2D eigenvalue weighted by Gasteiger charge is 2.14. The van der Waals surface area contributed by atoms with Crippen molar-refractivity contribution in [2.24, 2.45) is 5.92 Å². The SMILES string of the molecule is CCCC(=O)NCC(=O)NCCC1CCNC1. The fourth-order valence-corrected chi connectivity index (χ4v) is 1.93. The van der Waals surface area contributed by atoms with Crippen molar-refractivity contribution in [1.29, 1.82) is 0 Å². The zero-order valence-electron chi connectivity index (χ0n) is 10.6. The van der Waals surface area contributed by atoms with E-state index in [4.69, 9.17) is 0 Å². The maximum atomic E-state index is 11.4. The summed E-state index contributed by atoms with van der Waals surface area (Å²) in [4.78, 5) is 22.5. The molecule has 0 aromatic heterocycles. The van der Waals surface area contributed by atoms with E-state index in [1.165, 1.54) is 6.42 Å². The lowest BCUT2D eigenvalue weighted by molar-refractivity contribution is -0.126. The number of hydrogen-bond donors (Lipinski definition) is 3. The van der Waals surface area contributed by atoms with Crippen LogP contribution in [0.5, 0.6) is 0 Å². The molecule has 0 aromatic rings. The molecule has 1 aliphatic heterocycles. The second-order valence-electron chi connectivity index (χ2n) is 4.52. The molecule has 0 bridgehead atoms. The van der Waals surface area contributed by atoms with Gasteiger partial charge in [-0.3, -0.25) is 9.59 Å². The minimum absolute atomic E-state index is 0.0531. The number of amides is 2. The largest absolute Gasteiger partial charge is 0.355 e. The Labute approximate surface area is 103 Å². The van der Waals surface area contributed by atoms with Crippen molar-refractivity contribution in [1.82, 2.24) is 16.0 Å². The average molecular weight is 241 g/mol. The first kappa shape index (κ1) is 14.0.